The van der Waals surface area contributed by atoms with E-state index in [0.717, 1.165) is 6.41 Å². The topological polar surface area (TPSA) is 69.7 Å². The molecule has 1 saturated heterocycles. The van der Waals surface area contributed by atoms with Gasteiger partial charge in [0.25, 0.3) is 0 Å². The van der Waals surface area contributed by atoms with Gasteiger partial charge in [0.2, 0.25) is 6.41 Å². The van der Waals surface area contributed by atoms with Gasteiger partial charge in [-0.3, -0.25) is 14.4 Å². The molecule has 1 heterocycles. The van der Waals surface area contributed by atoms with Gasteiger partial charge in [-0.15, -0.1) is 0 Å². The number of benzene rings is 1. The molecule has 1 aliphatic rings. The van der Waals surface area contributed by atoms with Gasteiger partial charge in [0.1, 0.15) is 0 Å². The van der Waals surface area contributed by atoms with Crippen molar-refractivity contribution in [3.8, 4) is 0 Å². The first-order valence-corrected chi connectivity index (χ1v) is 7.41. The van der Waals surface area contributed by atoms with Crippen LogP contribution < -0.4 is 5.32 Å². The quantitative estimate of drug-likeness (QED) is 0.670. The molecule has 1 aromatic carbocycles. The lowest BCUT2D eigenvalue weighted by atomic mass is 10.0. The molecule has 0 atom stereocenters. The molecular weight excluding hydrogens is 282 g/mol. The molecular formula is C16H21N3O3. The van der Waals surface area contributed by atoms with Crippen LogP contribution in [0.15, 0.2) is 24.3 Å². The summed E-state index contributed by atoms with van der Waals surface area (Å²) < 4.78 is 0. The first kappa shape index (κ1) is 16.0. The fraction of sp³-hybridized carbons (Fsp3) is 0.438. The lowest BCUT2D eigenvalue weighted by Gasteiger charge is -2.31. The van der Waals surface area contributed by atoms with Crippen molar-refractivity contribution in [3.63, 3.8) is 0 Å². The number of nitrogens with one attached hydrogen (secondary N) is 1. The molecule has 0 saturated carbocycles. The van der Waals surface area contributed by atoms with E-state index in [1.54, 1.807) is 17.0 Å². The summed E-state index contributed by atoms with van der Waals surface area (Å²) in [6, 6.07) is 7.47. The van der Waals surface area contributed by atoms with Gasteiger partial charge in [0.05, 0.1) is 0 Å². The van der Waals surface area contributed by atoms with Gasteiger partial charge >= 0.3 is 11.8 Å². The molecule has 6 heteroatoms. The molecule has 1 aromatic rings. The van der Waals surface area contributed by atoms with Crippen LogP contribution in [0.3, 0.4) is 0 Å². The summed E-state index contributed by atoms with van der Waals surface area (Å²) in [5.74, 6) is -0.782. The van der Waals surface area contributed by atoms with Crippen molar-refractivity contribution < 1.29 is 14.4 Å². The van der Waals surface area contributed by atoms with Crippen LogP contribution in [-0.2, 0) is 14.4 Å². The molecule has 0 spiro atoms. The van der Waals surface area contributed by atoms with E-state index in [9.17, 15) is 14.4 Å². The summed E-state index contributed by atoms with van der Waals surface area (Å²) in [7, 11) is 0. The SMILES string of the molecule is CC(C)c1ccc(NC(=O)C(=O)N2CCN(C=O)CC2)cc1. The Kier molecular flexibility index (Phi) is 5.14. The Labute approximate surface area is 130 Å². The van der Waals surface area contributed by atoms with Crippen LogP contribution in [0.25, 0.3) is 0 Å². The van der Waals surface area contributed by atoms with Crippen molar-refractivity contribution >= 4 is 23.9 Å². The second-order valence-corrected chi connectivity index (χ2v) is 5.66. The smallest absolute Gasteiger partial charge is 0.313 e. The second-order valence-electron chi connectivity index (χ2n) is 5.66. The Morgan fingerprint density at radius 2 is 1.68 bits per heavy atom. The molecule has 1 N–H and O–H groups in total. The van der Waals surface area contributed by atoms with Crippen LogP contribution in [-0.4, -0.2) is 54.2 Å². The molecule has 0 radical (unpaired) electrons. The number of carbonyl (C=O) groups excluding carboxylic acids is 3. The third-order valence-electron chi connectivity index (χ3n) is 3.78. The number of hydrogen-bond acceptors (Lipinski definition) is 3. The summed E-state index contributed by atoms with van der Waals surface area (Å²) in [6.45, 7) is 5.89. The van der Waals surface area contributed by atoms with Crippen molar-refractivity contribution in [2.75, 3.05) is 31.5 Å². The second kappa shape index (κ2) is 7.06. The van der Waals surface area contributed by atoms with Gasteiger partial charge in [0, 0.05) is 31.9 Å². The van der Waals surface area contributed by atoms with E-state index in [2.05, 4.69) is 19.2 Å². The number of carbonyl (C=O) groups is 3. The van der Waals surface area contributed by atoms with E-state index < -0.39 is 11.8 Å². The molecule has 0 aromatic heterocycles. The van der Waals surface area contributed by atoms with Gasteiger partial charge in [-0.25, -0.2) is 0 Å². The van der Waals surface area contributed by atoms with E-state index in [1.165, 1.54) is 10.5 Å². The summed E-state index contributed by atoms with van der Waals surface area (Å²) in [4.78, 5) is 37.8. The van der Waals surface area contributed by atoms with Crippen molar-refractivity contribution in [1.29, 1.82) is 0 Å². The van der Waals surface area contributed by atoms with Crippen LogP contribution in [0.5, 0.6) is 0 Å². The maximum absolute atomic E-state index is 12.1. The normalized spacial score (nSPS) is 14.9. The molecule has 118 valence electrons. The lowest BCUT2D eigenvalue weighted by molar-refractivity contribution is -0.144. The highest BCUT2D eigenvalue weighted by Gasteiger charge is 2.25. The highest BCUT2D eigenvalue weighted by molar-refractivity contribution is 6.39. The molecule has 3 amide bonds. The molecule has 0 unspecified atom stereocenters. The van der Waals surface area contributed by atoms with Gasteiger partial charge in [-0.1, -0.05) is 26.0 Å². The first-order chi connectivity index (χ1) is 10.5. The number of nitrogens with zero attached hydrogens (tertiary/aromatic N) is 2. The van der Waals surface area contributed by atoms with E-state index in [4.69, 9.17) is 0 Å². The molecule has 0 aliphatic carbocycles. The van der Waals surface area contributed by atoms with Crippen LogP contribution in [0.1, 0.15) is 25.3 Å². The highest BCUT2D eigenvalue weighted by atomic mass is 16.2. The minimum atomic E-state index is -0.642. The van der Waals surface area contributed by atoms with E-state index in [-0.39, 0.29) is 0 Å². The van der Waals surface area contributed by atoms with Crippen LogP contribution in [0, 0.1) is 0 Å². The Morgan fingerprint density at radius 1 is 1.09 bits per heavy atom. The minimum Gasteiger partial charge on any atom is -0.342 e. The lowest BCUT2D eigenvalue weighted by Crippen LogP contribution is -2.51. The predicted molar refractivity (Wildman–Crippen MR) is 83.4 cm³/mol. The molecule has 1 fully saturated rings. The fourth-order valence-electron chi connectivity index (χ4n) is 2.31. The fourth-order valence-corrected chi connectivity index (χ4v) is 2.31. The minimum absolute atomic E-state index is 0.386. The predicted octanol–water partition coefficient (Wildman–Crippen LogP) is 1.05. The van der Waals surface area contributed by atoms with Gasteiger partial charge in [0.15, 0.2) is 0 Å². The maximum atomic E-state index is 12.1. The van der Waals surface area contributed by atoms with E-state index in [0.29, 0.717) is 37.8 Å². The van der Waals surface area contributed by atoms with Crippen LogP contribution in [0.4, 0.5) is 5.69 Å². The number of anilines is 1. The molecule has 6 nitrogen and oxygen atoms in total. The summed E-state index contributed by atoms with van der Waals surface area (Å²) >= 11 is 0. The number of hydrogen-bond donors (Lipinski definition) is 1. The van der Waals surface area contributed by atoms with Crippen molar-refractivity contribution in [1.82, 2.24) is 9.80 Å². The number of amides is 3. The van der Waals surface area contributed by atoms with Crippen molar-refractivity contribution in [2.45, 2.75) is 19.8 Å². The third-order valence-corrected chi connectivity index (χ3v) is 3.78. The number of rotatable bonds is 3. The average Bonchev–Trinajstić information content (AvgIpc) is 2.54. The summed E-state index contributed by atoms with van der Waals surface area (Å²) in [6.07, 6.45) is 0.762. The largest absolute Gasteiger partial charge is 0.342 e. The van der Waals surface area contributed by atoms with E-state index in [1.807, 2.05) is 12.1 Å². The van der Waals surface area contributed by atoms with Gasteiger partial charge in [-0.2, -0.15) is 0 Å². The number of piperazine rings is 1. The molecule has 2 rings (SSSR count). The zero-order valence-electron chi connectivity index (χ0n) is 12.9. The molecule has 22 heavy (non-hydrogen) atoms. The summed E-state index contributed by atoms with van der Waals surface area (Å²) in [5.41, 5.74) is 1.78. The molecule has 0 bridgehead atoms. The zero-order valence-corrected chi connectivity index (χ0v) is 12.9. The van der Waals surface area contributed by atoms with E-state index >= 15 is 0 Å². The Hall–Kier alpha value is -2.37. The van der Waals surface area contributed by atoms with Gasteiger partial charge in [-0.05, 0) is 23.6 Å². The first-order valence-electron chi connectivity index (χ1n) is 7.41. The summed E-state index contributed by atoms with van der Waals surface area (Å²) in [5, 5.41) is 2.62. The van der Waals surface area contributed by atoms with Crippen LogP contribution in [0.2, 0.25) is 0 Å². The highest BCUT2D eigenvalue weighted by Crippen LogP contribution is 2.17. The average molecular weight is 303 g/mol. The Balaban J connectivity index is 1.91. The van der Waals surface area contributed by atoms with Crippen molar-refractivity contribution in [3.05, 3.63) is 29.8 Å². The third kappa shape index (κ3) is 3.84. The maximum Gasteiger partial charge on any atom is 0.313 e. The standard InChI is InChI=1S/C16H21N3O3/c1-12(2)13-3-5-14(6-4-13)17-15(21)16(22)19-9-7-18(11-20)8-10-19/h3-6,11-12H,7-10H2,1-2H3,(H,17,21). The van der Waals surface area contributed by atoms with Gasteiger partial charge < -0.3 is 15.1 Å². The Morgan fingerprint density at radius 3 is 2.18 bits per heavy atom. The Bertz CT molecular complexity index is 546. The molecule has 1 aliphatic heterocycles. The zero-order chi connectivity index (χ0) is 16.1. The monoisotopic (exact) mass is 303 g/mol. The van der Waals surface area contributed by atoms with Crippen molar-refractivity contribution in [2.24, 2.45) is 0 Å². The van der Waals surface area contributed by atoms with Crippen LogP contribution >= 0.6 is 0 Å².